The third-order valence-electron chi connectivity index (χ3n) is 8.18. The van der Waals surface area contributed by atoms with Crippen molar-refractivity contribution in [1.29, 1.82) is 0 Å². The second-order valence-electron chi connectivity index (χ2n) is 12.3. The third-order valence-corrected chi connectivity index (χ3v) is 9.10. The largest absolute Gasteiger partial charge is 0.573 e. The summed E-state index contributed by atoms with van der Waals surface area (Å²) < 4.78 is 92.5. The van der Waals surface area contributed by atoms with Crippen LogP contribution in [0.3, 0.4) is 0 Å². The standard InChI is InChI=1S/C18H14F3NO3.C15H9F3O3.C4H7Br/c19-18(20,21)25-14-6-3-12(4-7-14)13-5-8-16-15(9-13)22(17(23)24-16)10-11-1-2-11;16-15(17,18)21-12-4-1-9(2-5-12)10-3-6-13-11(7-10)8-14(19)20-13;5-3-4-1-2-4/h3-9,11H,1-2,10H2;1-7H,8H2;4H,1-3H2. The van der Waals surface area contributed by atoms with Crippen LogP contribution in [0.2, 0.25) is 0 Å². The van der Waals surface area contributed by atoms with Crippen LogP contribution in [0.5, 0.6) is 17.2 Å². The predicted octanol–water partition coefficient (Wildman–Crippen LogP) is 10.1. The van der Waals surface area contributed by atoms with Gasteiger partial charge in [0.25, 0.3) is 0 Å². The van der Waals surface area contributed by atoms with Gasteiger partial charge in [0, 0.05) is 17.4 Å². The molecule has 8 rings (SSSR count). The first-order valence-corrected chi connectivity index (χ1v) is 17.1. The van der Waals surface area contributed by atoms with E-state index in [-0.39, 0.29) is 29.6 Å². The average molecular weight is 779 g/mol. The maximum Gasteiger partial charge on any atom is 0.573 e. The highest BCUT2D eigenvalue weighted by molar-refractivity contribution is 9.09. The zero-order valence-electron chi connectivity index (χ0n) is 26.7. The Hall–Kier alpha value is -4.72. The number of hydrogen-bond donors (Lipinski definition) is 0. The number of aromatic nitrogens is 1. The van der Waals surface area contributed by atoms with Crippen LogP contribution in [0.4, 0.5) is 26.3 Å². The Kier molecular flexibility index (Phi) is 10.5. The van der Waals surface area contributed by atoms with Crippen molar-refractivity contribution < 1.29 is 49.8 Å². The van der Waals surface area contributed by atoms with Gasteiger partial charge in [-0.15, -0.1) is 26.3 Å². The molecule has 1 aliphatic heterocycles. The predicted molar refractivity (Wildman–Crippen MR) is 180 cm³/mol. The first-order chi connectivity index (χ1) is 24.2. The highest BCUT2D eigenvalue weighted by Crippen LogP contribution is 2.34. The molecule has 7 nitrogen and oxygen atoms in total. The number of hydrogen-bond acceptors (Lipinski definition) is 6. The molecule has 0 amide bonds. The molecule has 0 spiro atoms. The minimum atomic E-state index is -4.71. The molecular formula is C37H30BrF6NO6. The van der Waals surface area contributed by atoms with Gasteiger partial charge in [-0.3, -0.25) is 9.36 Å². The number of carbonyl (C=O) groups is 1. The smallest absolute Gasteiger partial charge is 0.426 e. The first-order valence-electron chi connectivity index (χ1n) is 16.0. The molecule has 2 heterocycles. The molecule has 0 atom stereocenters. The Morgan fingerprint density at radius 3 is 1.69 bits per heavy atom. The number of fused-ring (bicyclic) bond motifs is 2. The number of rotatable bonds is 7. The molecule has 0 N–H and O–H groups in total. The molecule has 0 radical (unpaired) electrons. The molecule has 0 bridgehead atoms. The van der Waals surface area contributed by atoms with E-state index in [0.29, 0.717) is 29.3 Å². The molecule has 51 heavy (non-hydrogen) atoms. The van der Waals surface area contributed by atoms with Crippen molar-refractivity contribution in [2.75, 3.05) is 5.33 Å². The lowest BCUT2D eigenvalue weighted by Crippen LogP contribution is -2.16. The summed E-state index contributed by atoms with van der Waals surface area (Å²) in [5.74, 6) is 0.859. The van der Waals surface area contributed by atoms with E-state index in [1.165, 1.54) is 54.6 Å². The van der Waals surface area contributed by atoms with Crippen LogP contribution in [0, 0.1) is 11.8 Å². The summed E-state index contributed by atoms with van der Waals surface area (Å²) in [5.41, 5.74) is 5.02. The van der Waals surface area contributed by atoms with Crippen LogP contribution < -0.4 is 20.0 Å². The molecule has 2 aliphatic carbocycles. The molecule has 2 fully saturated rings. The second kappa shape index (κ2) is 14.9. The number of carbonyl (C=O) groups excluding carboxylic acids is 1. The summed E-state index contributed by atoms with van der Waals surface area (Å²) in [5, 5.41) is 1.23. The van der Waals surface area contributed by atoms with Crippen LogP contribution in [0.1, 0.15) is 31.2 Å². The molecule has 1 aromatic heterocycles. The maximum atomic E-state index is 12.2. The maximum absolute atomic E-state index is 12.2. The third kappa shape index (κ3) is 10.2. The van der Waals surface area contributed by atoms with E-state index in [9.17, 15) is 35.9 Å². The minimum Gasteiger partial charge on any atom is -0.426 e. The van der Waals surface area contributed by atoms with E-state index < -0.39 is 12.7 Å². The summed E-state index contributed by atoms with van der Waals surface area (Å²) >= 11 is 3.38. The monoisotopic (exact) mass is 777 g/mol. The lowest BCUT2D eigenvalue weighted by molar-refractivity contribution is -0.275. The van der Waals surface area contributed by atoms with E-state index in [4.69, 9.17) is 9.15 Å². The van der Waals surface area contributed by atoms with Gasteiger partial charge >= 0.3 is 24.5 Å². The lowest BCUT2D eigenvalue weighted by Gasteiger charge is -2.09. The van der Waals surface area contributed by atoms with Gasteiger partial charge in [-0.25, -0.2) is 4.79 Å². The van der Waals surface area contributed by atoms with Crippen molar-refractivity contribution in [3.8, 4) is 39.5 Å². The normalized spacial score (nSPS) is 15.2. The summed E-state index contributed by atoms with van der Waals surface area (Å²) in [6, 6.07) is 21.7. The van der Waals surface area contributed by atoms with Crippen molar-refractivity contribution in [3.63, 3.8) is 0 Å². The van der Waals surface area contributed by atoms with Crippen LogP contribution in [0.15, 0.2) is 94.1 Å². The molecule has 2 saturated carbocycles. The van der Waals surface area contributed by atoms with E-state index in [0.717, 1.165) is 46.6 Å². The van der Waals surface area contributed by atoms with Gasteiger partial charge < -0.3 is 18.6 Å². The number of nitrogens with zero attached hydrogens (tertiary/aromatic N) is 1. The van der Waals surface area contributed by atoms with Crippen molar-refractivity contribution in [2.24, 2.45) is 11.8 Å². The molecule has 14 heteroatoms. The number of halogens is 7. The van der Waals surface area contributed by atoms with Crippen LogP contribution >= 0.6 is 15.9 Å². The zero-order chi connectivity index (χ0) is 36.3. The first kappa shape index (κ1) is 36.1. The van der Waals surface area contributed by atoms with Gasteiger partial charge in [-0.1, -0.05) is 52.3 Å². The molecule has 4 aromatic carbocycles. The average Bonchev–Trinajstić information content (AvgIpc) is 4.00. The Labute approximate surface area is 295 Å². The van der Waals surface area contributed by atoms with Gasteiger partial charge in [-0.05, 0) is 108 Å². The number of esters is 1. The number of ether oxygens (including phenoxy) is 3. The van der Waals surface area contributed by atoms with E-state index in [1.54, 1.807) is 47.0 Å². The second-order valence-corrected chi connectivity index (χ2v) is 13.0. The summed E-state index contributed by atoms with van der Waals surface area (Å²) in [6.45, 7) is 0.633. The number of benzene rings is 4. The van der Waals surface area contributed by atoms with E-state index >= 15 is 0 Å². The van der Waals surface area contributed by atoms with Gasteiger partial charge in [0.15, 0.2) is 5.58 Å². The van der Waals surface area contributed by atoms with Gasteiger partial charge in [0.1, 0.15) is 17.2 Å². The van der Waals surface area contributed by atoms with Gasteiger partial charge in [0.2, 0.25) is 0 Å². The van der Waals surface area contributed by atoms with Crippen LogP contribution in [-0.4, -0.2) is 28.6 Å². The quantitative estimate of drug-likeness (QED) is 0.0709. The van der Waals surface area contributed by atoms with Crippen LogP contribution in [0.25, 0.3) is 33.4 Å². The molecular weight excluding hydrogens is 748 g/mol. The van der Waals surface area contributed by atoms with Crippen LogP contribution in [-0.2, 0) is 17.8 Å². The fourth-order valence-electron chi connectivity index (χ4n) is 5.25. The van der Waals surface area contributed by atoms with Gasteiger partial charge in [0.05, 0.1) is 11.9 Å². The van der Waals surface area contributed by atoms with Crippen molar-refractivity contribution in [2.45, 2.75) is 51.4 Å². The highest BCUT2D eigenvalue weighted by Gasteiger charge is 2.32. The van der Waals surface area contributed by atoms with Crippen molar-refractivity contribution in [3.05, 3.63) is 101 Å². The number of oxazole rings is 1. The fraction of sp³-hybridized carbons (Fsp3) is 0.297. The zero-order valence-corrected chi connectivity index (χ0v) is 28.3. The Balaban J connectivity index is 0.000000156. The van der Waals surface area contributed by atoms with E-state index in [2.05, 4.69) is 25.4 Å². The summed E-state index contributed by atoms with van der Waals surface area (Å²) in [4.78, 5) is 23.2. The number of alkyl halides is 7. The molecule has 5 aromatic rings. The van der Waals surface area contributed by atoms with Crippen molar-refractivity contribution >= 4 is 33.0 Å². The van der Waals surface area contributed by atoms with Crippen molar-refractivity contribution in [1.82, 2.24) is 4.57 Å². The minimum absolute atomic E-state index is 0.207. The Morgan fingerprint density at radius 2 is 1.20 bits per heavy atom. The summed E-state index contributed by atoms with van der Waals surface area (Å²) in [7, 11) is 0. The van der Waals surface area contributed by atoms with E-state index in [1.807, 2.05) is 6.07 Å². The summed E-state index contributed by atoms with van der Waals surface area (Å²) in [6.07, 6.45) is -4.06. The lowest BCUT2D eigenvalue weighted by atomic mass is 10.0. The Bertz CT molecular complexity index is 2050. The highest BCUT2D eigenvalue weighted by atomic mass is 79.9. The molecule has 268 valence electrons. The molecule has 0 unspecified atom stereocenters. The SMILES string of the molecule is BrCC1CC1.O=C1Cc2cc(-c3ccc(OC(F)(F)F)cc3)ccc2O1.O=c1oc2ccc(-c3ccc(OC(F)(F)F)cc3)cc2n1CC1CC1. The Morgan fingerprint density at radius 1 is 0.686 bits per heavy atom. The topological polar surface area (TPSA) is 79.9 Å². The molecule has 0 saturated heterocycles. The fourth-order valence-corrected chi connectivity index (χ4v) is 5.90. The molecule has 3 aliphatic rings. The van der Waals surface area contributed by atoms with Gasteiger partial charge in [-0.2, -0.15) is 0 Å².